The first-order valence-corrected chi connectivity index (χ1v) is 10.2. The number of hydrogen-bond donors (Lipinski definition) is 1. The molecular weight excluding hydrogens is 380 g/mol. The molecule has 154 valence electrons. The number of carbonyl (C=O) groups excluding carboxylic acids is 1. The van der Waals surface area contributed by atoms with Gasteiger partial charge in [0.25, 0.3) is 0 Å². The van der Waals surface area contributed by atoms with Crippen molar-refractivity contribution in [2.45, 2.75) is 32.4 Å². The Bertz CT molecular complexity index is 1210. The molecule has 0 spiro atoms. The highest BCUT2D eigenvalue weighted by Gasteiger charge is 2.34. The largest absolute Gasteiger partial charge is 0.391 e. The van der Waals surface area contributed by atoms with Crippen LogP contribution in [0.2, 0.25) is 0 Å². The van der Waals surface area contributed by atoms with Crippen LogP contribution in [0.3, 0.4) is 0 Å². The number of benzene rings is 1. The average molecular weight is 404 g/mol. The number of amides is 1. The molecule has 8 nitrogen and oxygen atoms in total. The Kier molecular flexibility index (Phi) is 4.71. The molecule has 1 aliphatic rings. The molecule has 8 heteroatoms. The number of likely N-dealkylation sites (tertiary alicyclic amines) is 1. The number of fused-ring (bicyclic) bond motifs is 2. The van der Waals surface area contributed by atoms with E-state index >= 15 is 0 Å². The van der Waals surface area contributed by atoms with Crippen LogP contribution in [0.1, 0.15) is 17.9 Å². The van der Waals surface area contributed by atoms with Crippen molar-refractivity contribution < 1.29 is 9.90 Å². The molecule has 1 aliphatic heterocycles. The summed E-state index contributed by atoms with van der Waals surface area (Å²) in [4.78, 5) is 27.8. The second-order valence-corrected chi connectivity index (χ2v) is 7.95. The number of aryl methyl sites for hydroxylation is 2. The van der Waals surface area contributed by atoms with Crippen molar-refractivity contribution in [3.63, 3.8) is 0 Å². The lowest BCUT2D eigenvalue weighted by atomic mass is 10.0. The maximum atomic E-state index is 12.8. The van der Waals surface area contributed by atoms with Crippen molar-refractivity contribution in [1.82, 2.24) is 28.8 Å². The lowest BCUT2D eigenvalue weighted by Gasteiger charge is -2.17. The third-order valence-electron chi connectivity index (χ3n) is 5.96. The van der Waals surface area contributed by atoms with Gasteiger partial charge in [-0.05, 0) is 25.5 Å². The molecule has 5 rings (SSSR count). The van der Waals surface area contributed by atoms with Crippen LogP contribution in [-0.2, 0) is 17.8 Å². The van der Waals surface area contributed by atoms with E-state index in [-0.39, 0.29) is 11.8 Å². The number of hydrogen-bond acceptors (Lipinski definition) is 5. The third-order valence-corrected chi connectivity index (χ3v) is 5.96. The lowest BCUT2D eigenvalue weighted by Crippen LogP contribution is -2.30. The van der Waals surface area contributed by atoms with Crippen LogP contribution < -0.4 is 0 Å². The first kappa shape index (κ1) is 18.7. The lowest BCUT2D eigenvalue weighted by molar-refractivity contribution is -0.130. The zero-order valence-electron chi connectivity index (χ0n) is 16.8. The highest BCUT2D eigenvalue weighted by molar-refractivity contribution is 5.78. The normalized spacial score (nSPS) is 19.2. The highest BCUT2D eigenvalue weighted by Crippen LogP contribution is 2.22. The second kappa shape index (κ2) is 7.53. The molecular formula is C22H24N6O2. The summed E-state index contributed by atoms with van der Waals surface area (Å²) in [5.41, 5.74) is 3.67. The molecule has 1 fully saturated rings. The summed E-state index contributed by atoms with van der Waals surface area (Å²) in [5.74, 6) is 0.953. The van der Waals surface area contributed by atoms with E-state index in [2.05, 4.69) is 19.5 Å². The smallest absolute Gasteiger partial charge is 0.224 e. The van der Waals surface area contributed by atoms with Crippen LogP contribution in [0.25, 0.3) is 16.7 Å². The van der Waals surface area contributed by atoms with Gasteiger partial charge in [-0.2, -0.15) is 0 Å². The Hall–Kier alpha value is -3.26. The molecule has 0 unspecified atom stereocenters. The van der Waals surface area contributed by atoms with E-state index in [0.29, 0.717) is 32.5 Å². The molecule has 1 N–H and O–H groups in total. The summed E-state index contributed by atoms with van der Waals surface area (Å²) in [6, 6.07) is 7.96. The number of aliphatic hydroxyl groups is 1. The molecule has 4 aromatic rings. The summed E-state index contributed by atoms with van der Waals surface area (Å²) >= 11 is 0. The van der Waals surface area contributed by atoms with Gasteiger partial charge in [0.1, 0.15) is 5.82 Å². The third kappa shape index (κ3) is 3.43. The monoisotopic (exact) mass is 404 g/mol. The summed E-state index contributed by atoms with van der Waals surface area (Å²) in [6.45, 7) is 3.47. The zero-order valence-corrected chi connectivity index (χ0v) is 16.8. The van der Waals surface area contributed by atoms with Gasteiger partial charge in [-0.3, -0.25) is 9.78 Å². The van der Waals surface area contributed by atoms with Gasteiger partial charge in [-0.1, -0.05) is 12.1 Å². The summed E-state index contributed by atoms with van der Waals surface area (Å²) in [6.07, 6.45) is 7.76. The quantitative estimate of drug-likeness (QED) is 0.548. The molecule has 0 radical (unpaired) electrons. The van der Waals surface area contributed by atoms with E-state index in [4.69, 9.17) is 0 Å². The van der Waals surface area contributed by atoms with Crippen LogP contribution in [0.15, 0.2) is 49.1 Å². The standard InChI is InChI=1S/C22H24N6O2/c1-15-25-18-4-2-3-5-19(18)28(15)8-6-22(30)27-12-16(20(29)14-27)10-17-13-26-9-7-23-21(26)11-24-17/h2-5,7,9,11,13,16,20,29H,6,8,10,12,14H2,1H3/t16-,20+/m0/s1. The number of rotatable bonds is 5. The van der Waals surface area contributed by atoms with Crippen molar-refractivity contribution in [2.75, 3.05) is 13.1 Å². The molecule has 0 bridgehead atoms. The fraction of sp³-hybridized carbons (Fsp3) is 0.364. The van der Waals surface area contributed by atoms with E-state index in [1.165, 1.54) is 0 Å². The second-order valence-electron chi connectivity index (χ2n) is 7.95. The molecule has 2 atom stereocenters. The van der Waals surface area contributed by atoms with Crippen molar-refractivity contribution in [2.24, 2.45) is 5.92 Å². The first-order valence-electron chi connectivity index (χ1n) is 10.2. The molecule has 1 saturated heterocycles. The Morgan fingerprint density at radius 3 is 3.00 bits per heavy atom. The van der Waals surface area contributed by atoms with Gasteiger partial charge in [0.2, 0.25) is 5.91 Å². The molecule has 30 heavy (non-hydrogen) atoms. The number of nitrogens with zero attached hydrogens (tertiary/aromatic N) is 6. The van der Waals surface area contributed by atoms with E-state index < -0.39 is 6.10 Å². The summed E-state index contributed by atoms with van der Waals surface area (Å²) in [5, 5.41) is 10.5. The fourth-order valence-electron chi connectivity index (χ4n) is 4.34. The maximum Gasteiger partial charge on any atom is 0.224 e. The van der Waals surface area contributed by atoms with Crippen LogP contribution >= 0.6 is 0 Å². The van der Waals surface area contributed by atoms with Crippen molar-refractivity contribution >= 4 is 22.6 Å². The number of aliphatic hydroxyl groups excluding tert-OH is 1. The highest BCUT2D eigenvalue weighted by atomic mass is 16.3. The molecule has 3 aromatic heterocycles. The number of aromatic nitrogens is 5. The Balaban J connectivity index is 1.23. The fourth-order valence-corrected chi connectivity index (χ4v) is 4.34. The number of carbonyl (C=O) groups is 1. The molecule has 4 heterocycles. The van der Waals surface area contributed by atoms with Gasteiger partial charge in [-0.15, -0.1) is 0 Å². The zero-order chi connectivity index (χ0) is 20.7. The SMILES string of the molecule is Cc1nc2ccccc2n1CCC(=O)N1C[C@H](Cc2cn3ccnc3cn2)[C@H](O)C1. The molecule has 0 aliphatic carbocycles. The van der Waals surface area contributed by atoms with E-state index in [9.17, 15) is 9.90 Å². The molecule has 1 aromatic carbocycles. The predicted molar refractivity (Wildman–Crippen MR) is 112 cm³/mol. The number of para-hydroxylation sites is 2. The van der Waals surface area contributed by atoms with Gasteiger partial charge in [-0.25, -0.2) is 9.97 Å². The van der Waals surface area contributed by atoms with Crippen molar-refractivity contribution in [3.8, 4) is 0 Å². The minimum atomic E-state index is -0.537. The van der Waals surface area contributed by atoms with E-state index in [0.717, 1.165) is 28.2 Å². The molecule has 0 saturated carbocycles. The number of imidazole rings is 2. The Morgan fingerprint density at radius 1 is 1.23 bits per heavy atom. The maximum absolute atomic E-state index is 12.8. The number of β-amino-alcohol motifs (C(OH)–C–C–N with tert-alkyl or cyclic N) is 1. The van der Waals surface area contributed by atoms with Crippen molar-refractivity contribution in [3.05, 3.63) is 60.6 Å². The van der Waals surface area contributed by atoms with E-state index in [1.807, 2.05) is 48.0 Å². The van der Waals surface area contributed by atoms with Crippen LogP contribution in [-0.4, -0.2) is 59.0 Å². The van der Waals surface area contributed by atoms with Gasteiger partial charge in [0.05, 0.1) is 29.0 Å². The van der Waals surface area contributed by atoms with Crippen LogP contribution in [0, 0.1) is 12.8 Å². The minimum absolute atomic E-state index is 0.0155. The van der Waals surface area contributed by atoms with Gasteiger partial charge in [0, 0.05) is 50.6 Å². The Labute approximate surface area is 173 Å². The topological polar surface area (TPSA) is 88.6 Å². The minimum Gasteiger partial charge on any atom is -0.391 e. The van der Waals surface area contributed by atoms with E-state index in [1.54, 1.807) is 17.3 Å². The first-order chi connectivity index (χ1) is 14.6. The van der Waals surface area contributed by atoms with Gasteiger partial charge >= 0.3 is 0 Å². The summed E-state index contributed by atoms with van der Waals surface area (Å²) < 4.78 is 4.01. The van der Waals surface area contributed by atoms with Crippen LogP contribution in [0.5, 0.6) is 0 Å². The molecule has 1 amide bonds. The predicted octanol–water partition coefficient (Wildman–Crippen LogP) is 1.84. The van der Waals surface area contributed by atoms with Gasteiger partial charge < -0.3 is 19.0 Å². The van der Waals surface area contributed by atoms with Crippen LogP contribution in [0.4, 0.5) is 0 Å². The van der Waals surface area contributed by atoms with Gasteiger partial charge in [0.15, 0.2) is 5.65 Å². The summed E-state index contributed by atoms with van der Waals surface area (Å²) in [7, 11) is 0. The Morgan fingerprint density at radius 2 is 2.10 bits per heavy atom. The van der Waals surface area contributed by atoms with Crippen molar-refractivity contribution in [1.29, 1.82) is 0 Å². The average Bonchev–Trinajstić information content (AvgIpc) is 3.43.